The maximum atomic E-state index is 6.50. The van der Waals surface area contributed by atoms with E-state index in [0.29, 0.717) is 11.5 Å². The van der Waals surface area contributed by atoms with Gasteiger partial charge in [-0.15, -0.1) is 0 Å². The van der Waals surface area contributed by atoms with Gasteiger partial charge in [0.25, 0.3) is 0 Å². The van der Waals surface area contributed by atoms with E-state index in [1.54, 1.807) is 0 Å². The van der Waals surface area contributed by atoms with Gasteiger partial charge in [0.1, 0.15) is 16.8 Å². The van der Waals surface area contributed by atoms with Crippen LogP contribution in [-0.4, -0.2) is 14.5 Å². The lowest BCUT2D eigenvalue weighted by molar-refractivity contribution is 0.666. The number of furan rings is 1. The average molecular weight is 612 g/mol. The highest BCUT2D eigenvalue weighted by molar-refractivity contribution is 6.29. The van der Waals surface area contributed by atoms with Gasteiger partial charge in [0.15, 0.2) is 5.58 Å². The van der Waals surface area contributed by atoms with E-state index in [9.17, 15) is 0 Å². The van der Waals surface area contributed by atoms with Gasteiger partial charge in [-0.2, -0.15) is 0 Å². The normalized spacial score (nSPS) is 12.2. The Hall–Kier alpha value is -6.52. The molecule has 0 amide bonds. The van der Waals surface area contributed by atoms with Crippen molar-refractivity contribution in [2.45, 2.75) is 0 Å². The molecule has 11 aromatic rings. The molecule has 3 aromatic heterocycles. The van der Waals surface area contributed by atoms with Crippen molar-refractivity contribution in [1.82, 2.24) is 14.5 Å². The van der Waals surface area contributed by atoms with Crippen LogP contribution in [0.15, 0.2) is 156 Å². The van der Waals surface area contributed by atoms with E-state index >= 15 is 0 Å². The first-order valence-corrected chi connectivity index (χ1v) is 16.3. The molecule has 0 spiro atoms. The van der Waals surface area contributed by atoms with Crippen LogP contribution >= 0.6 is 0 Å². The zero-order valence-electron chi connectivity index (χ0n) is 25.7. The van der Waals surface area contributed by atoms with Crippen molar-refractivity contribution in [1.29, 1.82) is 0 Å². The number of nitrogens with zero attached hydrogens (tertiary/aromatic N) is 3. The fourth-order valence-corrected chi connectivity index (χ4v) is 7.81. The molecule has 8 aromatic carbocycles. The molecule has 0 saturated heterocycles. The molecule has 0 radical (unpaired) electrons. The Morgan fingerprint density at radius 3 is 2.02 bits per heavy atom. The molecule has 0 aliphatic heterocycles. The molecule has 0 saturated carbocycles. The van der Waals surface area contributed by atoms with Crippen LogP contribution in [0.4, 0.5) is 0 Å². The van der Waals surface area contributed by atoms with Crippen molar-refractivity contribution < 1.29 is 4.42 Å². The minimum absolute atomic E-state index is 0.619. The molecule has 0 fully saturated rings. The van der Waals surface area contributed by atoms with Crippen LogP contribution in [0.25, 0.3) is 104 Å². The molecule has 0 bridgehead atoms. The molecule has 11 rings (SSSR count). The Bertz CT molecular complexity index is 3130. The molecule has 0 atom stereocenters. The maximum Gasteiger partial charge on any atom is 0.236 e. The Morgan fingerprint density at radius 1 is 0.438 bits per heavy atom. The lowest BCUT2D eigenvalue weighted by Gasteiger charge is -2.11. The van der Waals surface area contributed by atoms with Crippen molar-refractivity contribution >= 4 is 87.0 Å². The Kier molecular flexibility index (Phi) is 5.08. The first-order chi connectivity index (χ1) is 23.8. The van der Waals surface area contributed by atoms with Crippen molar-refractivity contribution in [3.05, 3.63) is 152 Å². The van der Waals surface area contributed by atoms with Gasteiger partial charge in [-0.3, -0.25) is 4.57 Å². The molecule has 0 aliphatic carbocycles. The predicted molar refractivity (Wildman–Crippen MR) is 199 cm³/mol. The molecule has 4 heteroatoms. The topological polar surface area (TPSA) is 43.9 Å². The molecule has 4 nitrogen and oxygen atoms in total. The minimum atomic E-state index is 0.619. The van der Waals surface area contributed by atoms with Crippen molar-refractivity contribution in [2.75, 3.05) is 0 Å². The molecule has 48 heavy (non-hydrogen) atoms. The molecule has 222 valence electrons. The van der Waals surface area contributed by atoms with Gasteiger partial charge in [0.05, 0.1) is 11.0 Å². The van der Waals surface area contributed by atoms with Crippen LogP contribution in [0.5, 0.6) is 0 Å². The number of aromatic nitrogens is 3. The average Bonchev–Trinajstić information content (AvgIpc) is 3.70. The highest BCUT2D eigenvalue weighted by Crippen LogP contribution is 2.42. The summed E-state index contributed by atoms with van der Waals surface area (Å²) in [6.45, 7) is 0. The van der Waals surface area contributed by atoms with Crippen molar-refractivity contribution in [3.8, 4) is 17.2 Å². The summed E-state index contributed by atoms with van der Waals surface area (Å²) in [5.74, 6) is 0.619. The number of para-hydroxylation sites is 2. The summed E-state index contributed by atoms with van der Waals surface area (Å²) in [5, 5.41) is 13.2. The summed E-state index contributed by atoms with van der Waals surface area (Å²) in [6, 6.07) is 53.8. The largest absolute Gasteiger partial charge is 0.452 e. The number of fused-ring (bicyclic) bond motifs is 13. The first-order valence-electron chi connectivity index (χ1n) is 16.3. The van der Waals surface area contributed by atoms with Gasteiger partial charge in [-0.25, -0.2) is 9.97 Å². The summed E-state index contributed by atoms with van der Waals surface area (Å²) in [4.78, 5) is 10.6. The smallest absolute Gasteiger partial charge is 0.236 e. The van der Waals surface area contributed by atoms with Crippen LogP contribution in [0, 0.1) is 0 Å². The van der Waals surface area contributed by atoms with Gasteiger partial charge in [-0.05, 0) is 73.4 Å². The third-order valence-electron chi connectivity index (χ3n) is 9.97. The molecule has 3 heterocycles. The summed E-state index contributed by atoms with van der Waals surface area (Å²) in [6.07, 6.45) is 0. The summed E-state index contributed by atoms with van der Waals surface area (Å²) < 4.78 is 8.72. The molecular weight excluding hydrogens is 587 g/mol. The van der Waals surface area contributed by atoms with E-state index in [0.717, 1.165) is 44.2 Å². The second-order valence-electron chi connectivity index (χ2n) is 12.6. The fourth-order valence-electron chi connectivity index (χ4n) is 7.81. The monoisotopic (exact) mass is 611 g/mol. The standard InChI is InChI=1S/C44H25N3O/c1-2-11-29-25-30(20-17-26(29)9-1)41-43-42(35-14-6-8-16-38(35)48-43)46-44(45-41)47-36-15-7-5-13-34(36)40-33-22-21-28-19-18-27-10-3-4-12-31(27)39(28)32(33)23-24-37(40)47/h1-25H. The van der Waals surface area contributed by atoms with Gasteiger partial charge >= 0.3 is 0 Å². The van der Waals surface area contributed by atoms with E-state index in [2.05, 4.69) is 138 Å². The van der Waals surface area contributed by atoms with Crippen molar-refractivity contribution in [3.63, 3.8) is 0 Å². The highest BCUT2D eigenvalue weighted by Gasteiger charge is 2.22. The predicted octanol–water partition coefficient (Wildman–Crippen LogP) is 11.8. The molecule has 0 aliphatic rings. The summed E-state index contributed by atoms with van der Waals surface area (Å²) in [5.41, 5.74) is 6.21. The number of benzene rings is 8. The van der Waals surface area contributed by atoms with Crippen molar-refractivity contribution in [2.24, 2.45) is 0 Å². The fraction of sp³-hybridized carbons (Fsp3) is 0. The number of hydrogen-bond donors (Lipinski definition) is 0. The summed E-state index contributed by atoms with van der Waals surface area (Å²) in [7, 11) is 0. The Labute approximate surface area is 274 Å². The second kappa shape index (κ2) is 9.50. The van der Waals surface area contributed by atoms with E-state index in [4.69, 9.17) is 14.4 Å². The second-order valence-corrected chi connectivity index (χ2v) is 12.6. The molecule has 0 N–H and O–H groups in total. The lowest BCUT2D eigenvalue weighted by Crippen LogP contribution is -2.02. The zero-order chi connectivity index (χ0) is 31.3. The van der Waals surface area contributed by atoms with Gasteiger partial charge in [-0.1, -0.05) is 121 Å². The van der Waals surface area contributed by atoms with Crippen LogP contribution in [0.1, 0.15) is 0 Å². The third kappa shape index (κ3) is 3.49. The summed E-state index contributed by atoms with van der Waals surface area (Å²) >= 11 is 0. The van der Waals surface area contributed by atoms with E-state index in [1.165, 1.54) is 48.5 Å². The third-order valence-corrected chi connectivity index (χ3v) is 9.97. The lowest BCUT2D eigenvalue weighted by atomic mass is 9.94. The van der Waals surface area contributed by atoms with E-state index in [1.807, 2.05) is 18.2 Å². The Morgan fingerprint density at radius 2 is 1.10 bits per heavy atom. The van der Waals surface area contributed by atoms with Crippen LogP contribution < -0.4 is 0 Å². The maximum absolute atomic E-state index is 6.50. The Balaban J connectivity index is 1.27. The number of hydrogen-bond acceptors (Lipinski definition) is 3. The SMILES string of the molecule is c1ccc2cc(-c3nc(-n4c5ccccc5c5c6ccc7ccc8ccccc8c7c6ccc54)nc4c3oc3ccccc34)ccc2c1. The van der Waals surface area contributed by atoms with Crippen LogP contribution in [0.2, 0.25) is 0 Å². The minimum Gasteiger partial charge on any atom is -0.452 e. The zero-order valence-corrected chi connectivity index (χ0v) is 25.7. The van der Waals surface area contributed by atoms with E-state index in [-0.39, 0.29) is 0 Å². The molecular formula is C44H25N3O. The highest BCUT2D eigenvalue weighted by atomic mass is 16.3. The van der Waals surface area contributed by atoms with E-state index < -0.39 is 0 Å². The quantitative estimate of drug-likeness (QED) is 0.183. The number of rotatable bonds is 2. The van der Waals surface area contributed by atoms with Gasteiger partial charge in [0.2, 0.25) is 5.95 Å². The van der Waals surface area contributed by atoms with Crippen LogP contribution in [0.3, 0.4) is 0 Å². The van der Waals surface area contributed by atoms with Gasteiger partial charge < -0.3 is 4.42 Å². The molecule has 0 unspecified atom stereocenters. The van der Waals surface area contributed by atoms with Gasteiger partial charge in [0, 0.05) is 21.7 Å². The van der Waals surface area contributed by atoms with Crippen LogP contribution in [-0.2, 0) is 0 Å². The first kappa shape index (κ1) is 25.6.